The molecule has 0 amide bonds. The zero-order chi connectivity index (χ0) is 17.3. The van der Waals surface area contributed by atoms with Gasteiger partial charge in [0.2, 0.25) is 5.95 Å². The third kappa shape index (κ3) is 2.62. The molecule has 122 valence electrons. The monoisotopic (exact) mass is 324 g/mol. The molecule has 1 aliphatic heterocycles. The molecule has 0 N–H and O–H groups in total. The lowest BCUT2D eigenvalue weighted by molar-refractivity contribution is -0.387. The molecule has 0 radical (unpaired) electrons. The molecule has 0 saturated heterocycles. The van der Waals surface area contributed by atoms with E-state index in [4.69, 9.17) is 0 Å². The molecule has 24 heavy (non-hydrogen) atoms. The molecule has 1 aliphatic rings. The third-order valence-corrected chi connectivity index (χ3v) is 3.84. The van der Waals surface area contributed by atoms with E-state index in [2.05, 4.69) is 20.0 Å². The number of para-hydroxylation sites is 1. The van der Waals surface area contributed by atoms with Gasteiger partial charge in [0.05, 0.1) is 4.92 Å². The van der Waals surface area contributed by atoms with Gasteiger partial charge in [-0.25, -0.2) is 9.97 Å². The van der Waals surface area contributed by atoms with Gasteiger partial charge in [0, 0.05) is 25.2 Å². The van der Waals surface area contributed by atoms with Gasteiger partial charge in [0.15, 0.2) is 11.4 Å². The van der Waals surface area contributed by atoms with E-state index in [1.807, 2.05) is 37.4 Å². The highest BCUT2D eigenvalue weighted by molar-refractivity contribution is 6.17. The molecule has 0 atom stereocenters. The van der Waals surface area contributed by atoms with Gasteiger partial charge >= 0.3 is 5.69 Å². The summed E-state index contributed by atoms with van der Waals surface area (Å²) < 4.78 is 0. The number of anilines is 2. The molecule has 8 nitrogen and oxygen atoms in total. The molecule has 0 aliphatic carbocycles. The second-order valence-corrected chi connectivity index (χ2v) is 5.54. The number of aromatic nitrogens is 2. The number of aliphatic imine (C=N–C) groups is 2. The predicted octanol–water partition coefficient (Wildman–Crippen LogP) is 2.79. The number of nitrogens with zero attached hydrogens (tertiary/aromatic N) is 6. The molecule has 0 saturated carbocycles. The fourth-order valence-corrected chi connectivity index (χ4v) is 2.53. The molecule has 0 unspecified atom stereocenters. The van der Waals surface area contributed by atoms with E-state index in [-0.39, 0.29) is 17.1 Å². The molecule has 2 aromatic rings. The Morgan fingerprint density at radius 3 is 2.33 bits per heavy atom. The largest absolute Gasteiger partial charge is 0.316 e. The van der Waals surface area contributed by atoms with Gasteiger partial charge in [-0.15, -0.1) is 0 Å². The highest BCUT2D eigenvalue weighted by atomic mass is 16.6. The molecular weight excluding hydrogens is 308 g/mol. The smallest absolute Gasteiger partial charge is 0.314 e. The van der Waals surface area contributed by atoms with Crippen LogP contribution in [-0.4, -0.2) is 34.4 Å². The van der Waals surface area contributed by atoms with Crippen LogP contribution in [-0.2, 0) is 5.66 Å². The second kappa shape index (κ2) is 5.80. The Morgan fingerprint density at radius 1 is 1.12 bits per heavy atom. The molecular formula is C16H16N6O2. The Hall–Kier alpha value is -3.16. The van der Waals surface area contributed by atoms with Crippen LogP contribution in [0, 0.1) is 17.0 Å². The van der Waals surface area contributed by atoms with Gasteiger partial charge in [-0.05, 0) is 26.0 Å². The van der Waals surface area contributed by atoms with Crippen molar-refractivity contribution >= 4 is 29.8 Å². The predicted molar refractivity (Wildman–Crippen MR) is 92.3 cm³/mol. The molecule has 2 heterocycles. The lowest BCUT2D eigenvalue weighted by Crippen LogP contribution is -2.23. The van der Waals surface area contributed by atoms with Crippen LogP contribution in [0.4, 0.5) is 17.3 Å². The summed E-state index contributed by atoms with van der Waals surface area (Å²) in [5.41, 5.74) is 0.0748. The molecule has 1 aromatic heterocycles. The van der Waals surface area contributed by atoms with E-state index < -0.39 is 10.6 Å². The maximum atomic E-state index is 11.5. The van der Waals surface area contributed by atoms with Gasteiger partial charge in [-0.1, -0.05) is 18.2 Å². The van der Waals surface area contributed by atoms with Gasteiger partial charge < -0.3 is 4.90 Å². The van der Waals surface area contributed by atoms with Crippen LogP contribution in [0.2, 0.25) is 0 Å². The van der Waals surface area contributed by atoms with E-state index in [1.165, 1.54) is 12.4 Å². The first kappa shape index (κ1) is 15.7. The lowest BCUT2D eigenvalue weighted by Gasteiger charge is -2.22. The van der Waals surface area contributed by atoms with E-state index in [0.717, 1.165) is 5.69 Å². The van der Waals surface area contributed by atoms with Crippen molar-refractivity contribution in [2.24, 2.45) is 9.98 Å². The molecule has 8 heteroatoms. The standard InChI is InChI=1S/C16H16N6O2/c1-11-13(22(23)24)14(16(2)17-9-10-18-16)20-15(19-11)21(3)12-7-5-4-6-8-12/h4-10H,1-3H3. The summed E-state index contributed by atoms with van der Waals surface area (Å²) in [6.07, 6.45) is 3.03. The first-order valence-corrected chi connectivity index (χ1v) is 7.34. The topological polar surface area (TPSA) is 96.9 Å². The van der Waals surface area contributed by atoms with Crippen LogP contribution in [0.3, 0.4) is 0 Å². The quantitative estimate of drug-likeness (QED) is 0.636. The van der Waals surface area contributed by atoms with E-state index in [0.29, 0.717) is 5.95 Å². The summed E-state index contributed by atoms with van der Waals surface area (Å²) in [7, 11) is 1.81. The van der Waals surface area contributed by atoms with Gasteiger partial charge in [-0.2, -0.15) is 0 Å². The molecule has 1 aromatic carbocycles. The van der Waals surface area contributed by atoms with Crippen molar-refractivity contribution in [3.05, 3.63) is 51.8 Å². The summed E-state index contributed by atoms with van der Waals surface area (Å²) in [6, 6.07) is 9.53. The molecule has 0 bridgehead atoms. The Bertz CT molecular complexity index is 835. The Balaban J connectivity index is 2.17. The zero-order valence-corrected chi connectivity index (χ0v) is 13.5. The maximum Gasteiger partial charge on any atom is 0.316 e. The van der Waals surface area contributed by atoms with Crippen LogP contribution in [0.25, 0.3) is 0 Å². The highest BCUT2D eigenvalue weighted by Crippen LogP contribution is 2.36. The summed E-state index contributed by atoms with van der Waals surface area (Å²) in [5, 5.41) is 11.5. The lowest BCUT2D eigenvalue weighted by atomic mass is 10.1. The highest BCUT2D eigenvalue weighted by Gasteiger charge is 2.38. The SMILES string of the molecule is Cc1nc(N(C)c2ccccc2)nc(C2(C)N=CC=N2)c1[N+](=O)[O-]. The molecule has 3 rings (SSSR count). The van der Waals surface area contributed by atoms with Crippen LogP contribution >= 0.6 is 0 Å². The first-order valence-electron chi connectivity index (χ1n) is 7.34. The summed E-state index contributed by atoms with van der Waals surface area (Å²) >= 11 is 0. The normalized spacial score (nSPS) is 14.8. The average Bonchev–Trinajstić information content (AvgIpc) is 3.01. The fraction of sp³-hybridized carbons (Fsp3) is 0.250. The van der Waals surface area contributed by atoms with Crippen molar-refractivity contribution < 1.29 is 4.92 Å². The number of nitro groups is 1. The van der Waals surface area contributed by atoms with Crippen molar-refractivity contribution in [3.8, 4) is 0 Å². The Labute approximate surface area is 138 Å². The van der Waals surface area contributed by atoms with Gasteiger partial charge in [-0.3, -0.25) is 20.1 Å². The Kier molecular flexibility index (Phi) is 3.80. The maximum absolute atomic E-state index is 11.5. The van der Waals surface area contributed by atoms with Gasteiger partial charge in [0.25, 0.3) is 0 Å². The van der Waals surface area contributed by atoms with Crippen LogP contribution in [0.1, 0.15) is 18.3 Å². The number of benzene rings is 1. The number of hydrogen-bond acceptors (Lipinski definition) is 7. The van der Waals surface area contributed by atoms with Crippen molar-refractivity contribution in [2.75, 3.05) is 11.9 Å². The summed E-state index contributed by atoms with van der Waals surface area (Å²) in [5.74, 6) is 0.359. The fourth-order valence-electron chi connectivity index (χ4n) is 2.53. The molecule has 0 fully saturated rings. The second-order valence-electron chi connectivity index (χ2n) is 5.54. The zero-order valence-electron chi connectivity index (χ0n) is 13.5. The van der Waals surface area contributed by atoms with Crippen molar-refractivity contribution in [2.45, 2.75) is 19.5 Å². The minimum atomic E-state index is -1.11. The minimum absolute atomic E-state index is 0.154. The third-order valence-electron chi connectivity index (χ3n) is 3.84. The van der Waals surface area contributed by atoms with E-state index >= 15 is 0 Å². The first-order chi connectivity index (χ1) is 11.4. The summed E-state index contributed by atoms with van der Waals surface area (Å²) in [6.45, 7) is 3.28. The van der Waals surface area contributed by atoms with Crippen LogP contribution < -0.4 is 4.90 Å². The Morgan fingerprint density at radius 2 is 1.75 bits per heavy atom. The summed E-state index contributed by atoms with van der Waals surface area (Å²) in [4.78, 5) is 30.0. The number of hydrogen-bond donors (Lipinski definition) is 0. The van der Waals surface area contributed by atoms with Crippen molar-refractivity contribution in [1.82, 2.24) is 9.97 Å². The van der Waals surface area contributed by atoms with Gasteiger partial charge in [0.1, 0.15) is 5.69 Å². The minimum Gasteiger partial charge on any atom is -0.314 e. The van der Waals surface area contributed by atoms with Crippen molar-refractivity contribution in [1.29, 1.82) is 0 Å². The molecule has 0 spiro atoms. The average molecular weight is 324 g/mol. The van der Waals surface area contributed by atoms with E-state index in [9.17, 15) is 10.1 Å². The number of aryl methyl sites for hydroxylation is 1. The van der Waals surface area contributed by atoms with Crippen molar-refractivity contribution in [3.63, 3.8) is 0 Å². The van der Waals surface area contributed by atoms with Crippen LogP contribution in [0.15, 0.2) is 40.3 Å². The number of rotatable bonds is 4. The van der Waals surface area contributed by atoms with Crippen LogP contribution in [0.5, 0.6) is 0 Å². The van der Waals surface area contributed by atoms with E-state index in [1.54, 1.807) is 18.7 Å².